The van der Waals surface area contributed by atoms with Crippen molar-refractivity contribution in [3.63, 3.8) is 0 Å². The summed E-state index contributed by atoms with van der Waals surface area (Å²) in [6.45, 7) is 7.61. The number of aliphatic hydroxyl groups excluding tert-OH is 1. The van der Waals surface area contributed by atoms with Crippen molar-refractivity contribution >= 4 is 0 Å². The molecule has 1 aliphatic rings. The van der Waals surface area contributed by atoms with Crippen LogP contribution in [0.3, 0.4) is 0 Å². The molecule has 4 nitrogen and oxygen atoms in total. The van der Waals surface area contributed by atoms with Gasteiger partial charge in [0.15, 0.2) is 0 Å². The molecule has 2 unspecified atom stereocenters. The van der Waals surface area contributed by atoms with Crippen LogP contribution in [0, 0.1) is 0 Å². The van der Waals surface area contributed by atoms with E-state index >= 15 is 0 Å². The zero-order valence-electron chi connectivity index (χ0n) is 11.5. The van der Waals surface area contributed by atoms with E-state index in [2.05, 4.69) is 24.1 Å². The van der Waals surface area contributed by atoms with E-state index in [0.717, 1.165) is 6.54 Å². The van der Waals surface area contributed by atoms with Crippen LogP contribution < -0.4 is 5.32 Å². The van der Waals surface area contributed by atoms with Gasteiger partial charge in [-0.25, -0.2) is 0 Å². The molecule has 0 aromatic rings. The van der Waals surface area contributed by atoms with Gasteiger partial charge in [0.25, 0.3) is 0 Å². The highest BCUT2D eigenvalue weighted by Gasteiger charge is 2.20. The molecule has 2 N–H and O–H groups in total. The molecule has 17 heavy (non-hydrogen) atoms. The Kier molecular flexibility index (Phi) is 7.04. The molecule has 0 radical (unpaired) electrons. The lowest BCUT2D eigenvalue weighted by Gasteiger charge is -2.25. The van der Waals surface area contributed by atoms with E-state index in [1.807, 2.05) is 0 Å². The number of nitrogens with one attached hydrogen (secondary N) is 1. The van der Waals surface area contributed by atoms with Crippen LogP contribution >= 0.6 is 0 Å². The van der Waals surface area contributed by atoms with Crippen LogP contribution in [0.15, 0.2) is 0 Å². The third-order valence-electron chi connectivity index (χ3n) is 3.55. The van der Waals surface area contributed by atoms with Crippen molar-refractivity contribution in [2.45, 2.75) is 51.2 Å². The minimum absolute atomic E-state index is 0.0793. The number of hydrogen-bond donors (Lipinski definition) is 2. The Morgan fingerprint density at radius 3 is 2.71 bits per heavy atom. The summed E-state index contributed by atoms with van der Waals surface area (Å²) < 4.78 is 5.09. The molecule has 0 bridgehead atoms. The first-order valence-corrected chi connectivity index (χ1v) is 6.77. The molecule has 1 heterocycles. The fraction of sp³-hybridized carbons (Fsp3) is 1.00. The van der Waals surface area contributed by atoms with Crippen LogP contribution in [0.4, 0.5) is 0 Å². The molecule has 4 heteroatoms. The second kappa shape index (κ2) is 8.03. The Morgan fingerprint density at radius 1 is 1.35 bits per heavy atom. The fourth-order valence-corrected chi connectivity index (χ4v) is 2.49. The van der Waals surface area contributed by atoms with Gasteiger partial charge in [-0.3, -0.25) is 0 Å². The van der Waals surface area contributed by atoms with Gasteiger partial charge in [-0.05, 0) is 46.2 Å². The van der Waals surface area contributed by atoms with Crippen LogP contribution in [0.5, 0.6) is 0 Å². The number of aliphatic hydroxyl groups is 1. The summed E-state index contributed by atoms with van der Waals surface area (Å²) in [5, 5.41) is 12.7. The SMILES string of the molecule is COCC(CO)NC1CCCN(C(C)C)CC1. The third-order valence-corrected chi connectivity index (χ3v) is 3.55. The molecule has 0 spiro atoms. The van der Waals surface area contributed by atoms with Crippen LogP contribution in [-0.2, 0) is 4.74 Å². The van der Waals surface area contributed by atoms with Gasteiger partial charge in [0.2, 0.25) is 0 Å². The molecule has 1 fully saturated rings. The number of ether oxygens (including phenoxy) is 1. The molecule has 102 valence electrons. The first-order valence-electron chi connectivity index (χ1n) is 6.77. The number of rotatable bonds is 6. The summed E-state index contributed by atoms with van der Waals surface area (Å²) in [4.78, 5) is 2.53. The van der Waals surface area contributed by atoms with Crippen LogP contribution in [0.2, 0.25) is 0 Å². The highest BCUT2D eigenvalue weighted by atomic mass is 16.5. The smallest absolute Gasteiger partial charge is 0.0638 e. The predicted molar refractivity (Wildman–Crippen MR) is 70.2 cm³/mol. The largest absolute Gasteiger partial charge is 0.395 e. The molecule has 0 saturated carbocycles. The highest BCUT2D eigenvalue weighted by Crippen LogP contribution is 2.13. The van der Waals surface area contributed by atoms with Crippen molar-refractivity contribution in [1.82, 2.24) is 10.2 Å². The summed E-state index contributed by atoms with van der Waals surface area (Å²) in [6.07, 6.45) is 3.60. The fourth-order valence-electron chi connectivity index (χ4n) is 2.49. The lowest BCUT2D eigenvalue weighted by Crippen LogP contribution is -2.43. The second-order valence-corrected chi connectivity index (χ2v) is 5.26. The summed E-state index contributed by atoms with van der Waals surface area (Å²) >= 11 is 0. The van der Waals surface area contributed by atoms with E-state index in [1.54, 1.807) is 7.11 Å². The van der Waals surface area contributed by atoms with Gasteiger partial charge in [-0.2, -0.15) is 0 Å². The average Bonchev–Trinajstić information content (AvgIpc) is 2.54. The lowest BCUT2D eigenvalue weighted by molar-refractivity contribution is 0.120. The van der Waals surface area contributed by atoms with Crippen molar-refractivity contribution in [2.24, 2.45) is 0 Å². The molecule has 1 rings (SSSR count). The molecule has 0 amide bonds. The Hall–Kier alpha value is -0.160. The molecular weight excluding hydrogens is 216 g/mol. The van der Waals surface area contributed by atoms with Crippen molar-refractivity contribution in [1.29, 1.82) is 0 Å². The zero-order valence-corrected chi connectivity index (χ0v) is 11.5. The lowest BCUT2D eigenvalue weighted by atomic mass is 10.1. The first kappa shape index (κ1) is 14.9. The average molecular weight is 244 g/mol. The van der Waals surface area contributed by atoms with Crippen molar-refractivity contribution in [2.75, 3.05) is 33.4 Å². The maximum atomic E-state index is 9.25. The molecule has 1 saturated heterocycles. The molecule has 0 aromatic carbocycles. The summed E-state index contributed by atoms with van der Waals surface area (Å²) in [5.41, 5.74) is 0. The van der Waals surface area contributed by atoms with Gasteiger partial charge in [0.05, 0.1) is 19.3 Å². The number of hydrogen-bond acceptors (Lipinski definition) is 4. The summed E-state index contributed by atoms with van der Waals surface area (Å²) in [7, 11) is 1.68. The number of nitrogens with zero attached hydrogens (tertiary/aromatic N) is 1. The van der Waals surface area contributed by atoms with Gasteiger partial charge >= 0.3 is 0 Å². The Morgan fingerprint density at radius 2 is 2.12 bits per heavy atom. The number of methoxy groups -OCH3 is 1. The Labute approximate surface area is 105 Å². The minimum Gasteiger partial charge on any atom is -0.395 e. The molecule has 0 aliphatic carbocycles. The van der Waals surface area contributed by atoms with E-state index in [0.29, 0.717) is 18.7 Å². The van der Waals surface area contributed by atoms with E-state index < -0.39 is 0 Å². The van der Waals surface area contributed by atoms with Crippen LogP contribution in [0.1, 0.15) is 33.1 Å². The van der Waals surface area contributed by atoms with E-state index in [1.165, 1.54) is 25.8 Å². The van der Waals surface area contributed by atoms with Crippen LogP contribution in [0.25, 0.3) is 0 Å². The molecule has 1 aliphatic heterocycles. The quantitative estimate of drug-likeness (QED) is 0.727. The van der Waals surface area contributed by atoms with Gasteiger partial charge in [-0.15, -0.1) is 0 Å². The molecular formula is C13H28N2O2. The van der Waals surface area contributed by atoms with Crippen LogP contribution in [-0.4, -0.2) is 61.5 Å². The van der Waals surface area contributed by atoms with E-state index in [4.69, 9.17) is 4.74 Å². The third kappa shape index (κ3) is 5.34. The predicted octanol–water partition coefficient (Wildman–Crippen LogP) is 0.846. The second-order valence-electron chi connectivity index (χ2n) is 5.26. The number of likely N-dealkylation sites (tertiary alicyclic amines) is 1. The standard InChI is InChI=1S/C13H28N2O2/c1-11(2)15-7-4-5-12(6-8-15)14-13(9-16)10-17-3/h11-14,16H,4-10H2,1-3H3. The summed E-state index contributed by atoms with van der Waals surface area (Å²) in [5.74, 6) is 0. The maximum absolute atomic E-state index is 9.25. The van der Waals surface area contributed by atoms with Gasteiger partial charge in [-0.1, -0.05) is 0 Å². The van der Waals surface area contributed by atoms with Crippen molar-refractivity contribution in [3.8, 4) is 0 Å². The van der Waals surface area contributed by atoms with E-state index in [-0.39, 0.29) is 12.6 Å². The molecule has 2 atom stereocenters. The van der Waals surface area contributed by atoms with Crippen molar-refractivity contribution in [3.05, 3.63) is 0 Å². The van der Waals surface area contributed by atoms with Gasteiger partial charge in [0.1, 0.15) is 0 Å². The minimum atomic E-state index is 0.0793. The zero-order chi connectivity index (χ0) is 12.7. The van der Waals surface area contributed by atoms with Crippen molar-refractivity contribution < 1.29 is 9.84 Å². The Balaban J connectivity index is 2.35. The van der Waals surface area contributed by atoms with Gasteiger partial charge in [0, 0.05) is 19.2 Å². The normalized spacial score (nSPS) is 24.9. The van der Waals surface area contributed by atoms with Gasteiger partial charge < -0.3 is 20.1 Å². The first-order chi connectivity index (χ1) is 8.17. The highest BCUT2D eigenvalue weighted by molar-refractivity contribution is 4.79. The Bertz CT molecular complexity index is 200. The monoisotopic (exact) mass is 244 g/mol. The maximum Gasteiger partial charge on any atom is 0.0638 e. The molecule has 0 aromatic heterocycles. The topological polar surface area (TPSA) is 44.7 Å². The van der Waals surface area contributed by atoms with E-state index in [9.17, 15) is 5.11 Å². The summed E-state index contributed by atoms with van der Waals surface area (Å²) in [6, 6.07) is 1.24.